The SMILES string of the molecule is CCCCCCCCCCCCOc1ccc(C(=O)Oc2ccc(N=Cc3ccc(OC(=O)c4ccc(OCCCCCCCCCC)cc4)cc3)cc2)cc1. The molecule has 4 aromatic carbocycles. The molecule has 0 aliphatic rings. The number of aliphatic imine (C=N–C) groups is 1. The maximum absolute atomic E-state index is 12.7. The summed E-state index contributed by atoms with van der Waals surface area (Å²) in [6.45, 7) is 5.86. The molecular formula is C49H63NO6. The van der Waals surface area contributed by atoms with Crippen molar-refractivity contribution in [3.63, 3.8) is 0 Å². The Labute approximate surface area is 335 Å². The van der Waals surface area contributed by atoms with Gasteiger partial charge in [0, 0.05) is 6.21 Å². The molecule has 0 atom stereocenters. The average Bonchev–Trinajstić information content (AvgIpc) is 3.23. The smallest absolute Gasteiger partial charge is 0.343 e. The van der Waals surface area contributed by atoms with E-state index < -0.39 is 11.9 Å². The van der Waals surface area contributed by atoms with Gasteiger partial charge >= 0.3 is 11.9 Å². The molecular weight excluding hydrogens is 699 g/mol. The van der Waals surface area contributed by atoms with Crippen LogP contribution in [0.25, 0.3) is 0 Å². The van der Waals surface area contributed by atoms with Crippen LogP contribution in [0.15, 0.2) is 102 Å². The van der Waals surface area contributed by atoms with Gasteiger partial charge in [-0.2, -0.15) is 0 Å². The molecule has 7 heteroatoms. The molecule has 4 rings (SSSR count). The number of hydrogen-bond acceptors (Lipinski definition) is 7. The number of ether oxygens (including phenoxy) is 4. The molecule has 7 nitrogen and oxygen atoms in total. The van der Waals surface area contributed by atoms with Gasteiger partial charge < -0.3 is 18.9 Å². The van der Waals surface area contributed by atoms with Gasteiger partial charge in [0.05, 0.1) is 30.0 Å². The van der Waals surface area contributed by atoms with E-state index in [0.717, 1.165) is 29.9 Å². The van der Waals surface area contributed by atoms with Crippen LogP contribution in [-0.2, 0) is 0 Å². The fraction of sp³-hybridized carbons (Fsp3) is 0.449. The summed E-state index contributed by atoms with van der Waals surface area (Å²) in [4.78, 5) is 30.0. The number of rotatable bonds is 28. The molecule has 0 saturated carbocycles. The van der Waals surface area contributed by atoms with Gasteiger partial charge in [0.25, 0.3) is 0 Å². The molecule has 0 aliphatic carbocycles. The topological polar surface area (TPSA) is 83.4 Å². The van der Waals surface area contributed by atoms with Gasteiger partial charge in [0.15, 0.2) is 0 Å². The Kier molecular flexibility index (Phi) is 21.0. The third kappa shape index (κ3) is 17.7. The molecule has 0 spiro atoms. The van der Waals surface area contributed by atoms with Gasteiger partial charge in [-0.3, -0.25) is 4.99 Å². The van der Waals surface area contributed by atoms with Gasteiger partial charge in [0.2, 0.25) is 0 Å². The Hall–Kier alpha value is -4.91. The van der Waals surface area contributed by atoms with E-state index in [9.17, 15) is 9.59 Å². The molecule has 300 valence electrons. The second-order valence-corrected chi connectivity index (χ2v) is 14.5. The van der Waals surface area contributed by atoms with E-state index in [1.165, 1.54) is 103 Å². The van der Waals surface area contributed by atoms with Crippen LogP contribution < -0.4 is 18.9 Å². The van der Waals surface area contributed by atoms with Crippen molar-refractivity contribution in [1.29, 1.82) is 0 Å². The minimum Gasteiger partial charge on any atom is -0.494 e. The molecule has 0 amide bonds. The Balaban J connectivity index is 1.10. The van der Waals surface area contributed by atoms with E-state index in [1.807, 2.05) is 36.4 Å². The van der Waals surface area contributed by atoms with E-state index in [0.29, 0.717) is 41.5 Å². The standard InChI is InChI=1S/C49H63NO6/c1-3-5-7-9-11-13-14-16-18-20-38-54-45-33-25-42(26-34-45)49(52)56-47-35-27-43(28-36-47)50-39-40-21-29-46(30-22-40)55-48(51)41-23-31-44(32-24-41)53-37-19-17-15-12-10-8-6-4-2/h21-36,39H,3-20,37-38H2,1-2H3. The predicted molar refractivity (Wildman–Crippen MR) is 228 cm³/mol. The summed E-state index contributed by atoms with van der Waals surface area (Å²) < 4.78 is 22.9. The van der Waals surface area contributed by atoms with E-state index in [-0.39, 0.29) is 0 Å². The zero-order valence-electron chi connectivity index (χ0n) is 33.9. The van der Waals surface area contributed by atoms with Crippen molar-refractivity contribution in [1.82, 2.24) is 0 Å². The van der Waals surface area contributed by atoms with Crippen LogP contribution >= 0.6 is 0 Å². The van der Waals surface area contributed by atoms with Crippen molar-refractivity contribution < 1.29 is 28.5 Å². The van der Waals surface area contributed by atoms with Crippen molar-refractivity contribution in [3.05, 3.63) is 114 Å². The lowest BCUT2D eigenvalue weighted by atomic mass is 10.1. The summed E-state index contributed by atoms with van der Waals surface area (Å²) in [5.74, 6) is 1.53. The largest absolute Gasteiger partial charge is 0.494 e. The maximum atomic E-state index is 12.7. The fourth-order valence-corrected chi connectivity index (χ4v) is 6.28. The number of nitrogens with zero attached hydrogens (tertiary/aromatic N) is 1. The zero-order valence-corrected chi connectivity index (χ0v) is 33.9. The zero-order chi connectivity index (χ0) is 39.5. The lowest BCUT2D eigenvalue weighted by Crippen LogP contribution is -2.08. The first-order chi connectivity index (χ1) is 27.5. The van der Waals surface area contributed by atoms with Crippen LogP contribution in [0.2, 0.25) is 0 Å². The van der Waals surface area contributed by atoms with Crippen LogP contribution in [-0.4, -0.2) is 31.4 Å². The first kappa shape index (κ1) is 43.8. The van der Waals surface area contributed by atoms with E-state index in [2.05, 4.69) is 18.8 Å². The second-order valence-electron chi connectivity index (χ2n) is 14.5. The molecule has 0 aromatic heterocycles. The predicted octanol–water partition coefficient (Wildman–Crippen LogP) is 13.7. The van der Waals surface area contributed by atoms with E-state index >= 15 is 0 Å². The number of esters is 2. The highest BCUT2D eigenvalue weighted by Crippen LogP contribution is 2.22. The number of hydrogen-bond donors (Lipinski definition) is 0. The highest BCUT2D eigenvalue weighted by molar-refractivity contribution is 5.92. The molecule has 0 radical (unpaired) electrons. The van der Waals surface area contributed by atoms with Gasteiger partial charge in [-0.1, -0.05) is 117 Å². The molecule has 0 fully saturated rings. The summed E-state index contributed by atoms with van der Waals surface area (Å²) in [6, 6.07) is 28.3. The van der Waals surface area contributed by atoms with Crippen molar-refractivity contribution in [2.45, 2.75) is 129 Å². The van der Waals surface area contributed by atoms with Crippen LogP contribution in [0.1, 0.15) is 156 Å². The van der Waals surface area contributed by atoms with Gasteiger partial charge in [-0.05, 0) is 115 Å². The van der Waals surface area contributed by atoms with Gasteiger partial charge in [0.1, 0.15) is 23.0 Å². The molecule has 0 N–H and O–H groups in total. The Morgan fingerprint density at radius 2 is 0.768 bits per heavy atom. The number of benzene rings is 4. The third-order valence-corrected chi connectivity index (χ3v) is 9.71. The number of carbonyl (C=O) groups excluding carboxylic acids is 2. The molecule has 56 heavy (non-hydrogen) atoms. The summed E-state index contributed by atoms with van der Waals surface area (Å²) in [5.41, 5.74) is 2.46. The summed E-state index contributed by atoms with van der Waals surface area (Å²) in [6.07, 6.45) is 24.7. The molecule has 0 heterocycles. The average molecular weight is 762 g/mol. The maximum Gasteiger partial charge on any atom is 0.343 e. The minimum absolute atomic E-state index is 0.428. The molecule has 4 aromatic rings. The number of unbranched alkanes of at least 4 members (excludes halogenated alkanes) is 16. The van der Waals surface area contributed by atoms with Crippen LogP contribution in [0.5, 0.6) is 23.0 Å². The summed E-state index contributed by atoms with van der Waals surface area (Å²) in [7, 11) is 0. The Morgan fingerprint density at radius 3 is 1.16 bits per heavy atom. The molecule has 0 bridgehead atoms. The monoisotopic (exact) mass is 761 g/mol. The molecule has 0 unspecified atom stereocenters. The Bertz CT molecular complexity index is 1680. The lowest BCUT2D eigenvalue weighted by Gasteiger charge is -2.08. The minimum atomic E-state index is -0.432. The lowest BCUT2D eigenvalue weighted by molar-refractivity contribution is 0.0725. The van der Waals surface area contributed by atoms with Crippen molar-refractivity contribution >= 4 is 23.8 Å². The van der Waals surface area contributed by atoms with Crippen LogP contribution in [0.4, 0.5) is 5.69 Å². The quantitative estimate of drug-likeness (QED) is 0.0248. The third-order valence-electron chi connectivity index (χ3n) is 9.71. The molecule has 0 saturated heterocycles. The van der Waals surface area contributed by atoms with Crippen LogP contribution in [0, 0.1) is 0 Å². The highest BCUT2D eigenvalue weighted by Gasteiger charge is 2.11. The number of carbonyl (C=O) groups is 2. The van der Waals surface area contributed by atoms with E-state index in [1.54, 1.807) is 66.9 Å². The van der Waals surface area contributed by atoms with E-state index in [4.69, 9.17) is 18.9 Å². The van der Waals surface area contributed by atoms with Gasteiger partial charge in [-0.15, -0.1) is 0 Å². The summed E-state index contributed by atoms with van der Waals surface area (Å²) in [5, 5.41) is 0. The molecule has 0 aliphatic heterocycles. The first-order valence-corrected chi connectivity index (χ1v) is 21.2. The summed E-state index contributed by atoms with van der Waals surface area (Å²) >= 11 is 0. The first-order valence-electron chi connectivity index (χ1n) is 21.2. The second kappa shape index (κ2) is 26.8. The highest BCUT2D eigenvalue weighted by atomic mass is 16.5. The van der Waals surface area contributed by atoms with Crippen molar-refractivity contribution in [3.8, 4) is 23.0 Å². The fourth-order valence-electron chi connectivity index (χ4n) is 6.28. The van der Waals surface area contributed by atoms with Crippen LogP contribution in [0.3, 0.4) is 0 Å². The van der Waals surface area contributed by atoms with Crippen molar-refractivity contribution in [2.75, 3.05) is 13.2 Å². The van der Waals surface area contributed by atoms with Crippen molar-refractivity contribution in [2.24, 2.45) is 4.99 Å². The Morgan fingerprint density at radius 1 is 0.429 bits per heavy atom. The normalized spacial score (nSPS) is 11.1. The van der Waals surface area contributed by atoms with Gasteiger partial charge in [-0.25, -0.2) is 9.59 Å².